The Morgan fingerprint density at radius 1 is 1.12 bits per heavy atom. The molecule has 138 valence electrons. The minimum absolute atomic E-state index is 0.287. The summed E-state index contributed by atoms with van der Waals surface area (Å²) in [7, 11) is 1.60. The summed E-state index contributed by atoms with van der Waals surface area (Å²) in [6.45, 7) is 3.12. The molecule has 3 saturated heterocycles. The Morgan fingerprint density at radius 2 is 1.88 bits per heavy atom. The van der Waals surface area contributed by atoms with E-state index >= 15 is 0 Å². The van der Waals surface area contributed by atoms with Gasteiger partial charge in [0.2, 0.25) is 0 Å². The average Bonchev–Trinajstić information content (AvgIpc) is 2.69. The number of benzene rings is 1. The van der Waals surface area contributed by atoms with Gasteiger partial charge in [-0.2, -0.15) is 0 Å². The Labute approximate surface area is 147 Å². The van der Waals surface area contributed by atoms with Gasteiger partial charge in [-0.15, -0.1) is 0 Å². The molecule has 0 aromatic heterocycles. The Kier molecular flexibility index (Phi) is 5.33. The van der Waals surface area contributed by atoms with E-state index in [1.54, 1.807) is 7.11 Å². The fourth-order valence-corrected chi connectivity index (χ4v) is 3.82. The van der Waals surface area contributed by atoms with Crippen molar-refractivity contribution in [3.05, 3.63) is 35.9 Å². The summed E-state index contributed by atoms with van der Waals surface area (Å²) in [4.78, 5) is 2.16. The second-order valence-corrected chi connectivity index (χ2v) is 6.58. The fraction of sp³-hybridized carbons (Fsp3) is 0.667. The van der Waals surface area contributed by atoms with E-state index < -0.39 is 24.8 Å². The molecular weight excluding hydrogens is 326 g/mol. The molecule has 0 spiro atoms. The molecule has 7 heteroatoms. The van der Waals surface area contributed by atoms with E-state index in [1.165, 1.54) is 0 Å². The molecule has 6 atom stereocenters. The number of ether oxygens (including phenoxy) is 5. The van der Waals surface area contributed by atoms with Crippen molar-refractivity contribution in [2.75, 3.05) is 40.0 Å². The highest BCUT2D eigenvalue weighted by Gasteiger charge is 2.51. The first-order valence-electron chi connectivity index (χ1n) is 8.78. The van der Waals surface area contributed by atoms with E-state index in [0.29, 0.717) is 19.8 Å². The average molecular weight is 351 g/mol. The predicted molar refractivity (Wildman–Crippen MR) is 87.9 cm³/mol. The lowest BCUT2D eigenvalue weighted by Gasteiger charge is -2.50. The zero-order chi connectivity index (χ0) is 17.2. The van der Waals surface area contributed by atoms with E-state index in [9.17, 15) is 5.11 Å². The largest absolute Gasteiger partial charge is 0.388 e. The quantitative estimate of drug-likeness (QED) is 0.852. The van der Waals surface area contributed by atoms with Gasteiger partial charge < -0.3 is 28.8 Å². The maximum atomic E-state index is 11.1. The third-order valence-electron chi connectivity index (χ3n) is 5.10. The number of hydrogen-bond acceptors (Lipinski definition) is 7. The van der Waals surface area contributed by atoms with Crippen LogP contribution in [0.5, 0.6) is 0 Å². The van der Waals surface area contributed by atoms with Gasteiger partial charge in [-0.1, -0.05) is 30.3 Å². The van der Waals surface area contributed by atoms with Crippen LogP contribution in [0.1, 0.15) is 11.9 Å². The van der Waals surface area contributed by atoms with E-state index in [4.69, 9.17) is 23.7 Å². The summed E-state index contributed by atoms with van der Waals surface area (Å²) in [5.74, 6) is 0. The van der Waals surface area contributed by atoms with Crippen molar-refractivity contribution in [3.63, 3.8) is 0 Å². The maximum Gasteiger partial charge on any atom is 0.184 e. The topological polar surface area (TPSA) is 69.6 Å². The van der Waals surface area contributed by atoms with E-state index in [0.717, 1.165) is 18.7 Å². The first kappa shape index (κ1) is 17.4. The molecule has 3 fully saturated rings. The molecule has 0 bridgehead atoms. The van der Waals surface area contributed by atoms with Gasteiger partial charge in [0, 0.05) is 25.8 Å². The molecule has 1 unspecified atom stereocenters. The Balaban J connectivity index is 1.52. The summed E-state index contributed by atoms with van der Waals surface area (Å²) in [6, 6.07) is 9.46. The molecule has 3 aliphatic rings. The van der Waals surface area contributed by atoms with Gasteiger partial charge in [0.15, 0.2) is 12.6 Å². The molecule has 0 radical (unpaired) electrons. The molecule has 0 aliphatic carbocycles. The Bertz CT molecular complexity index is 552. The van der Waals surface area contributed by atoms with Gasteiger partial charge in [-0.3, -0.25) is 4.90 Å². The van der Waals surface area contributed by atoms with Crippen LogP contribution in [0.4, 0.5) is 0 Å². The molecule has 3 heterocycles. The molecule has 1 aromatic rings. The number of morpholine rings is 1. The van der Waals surface area contributed by atoms with Crippen LogP contribution < -0.4 is 0 Å². The first-order chi connectivity index (χ1) is 12.3. The normalized spacial score (nSPS) is 39.8. The minimum Gasteiger partial charge on any atom is -0.388 e. The van der Waals surface area contributed by atoms with Crippen molar-refractivity contribution in [1.82, 2.24) is 4.90 Å². The van der Waals surface area contributed by atoms with Crippen LogP contribution in [0.25, 0.3) is 0 Å². The summed E-state index contributed by atoms with van der Waals surface area (Å²) in [6.07, 6.45) is -2.55. The van der Waals surface area contributed by atoms with Gasteiger partial charge >= 0.3 is 0 Å². The SMILES string of the molecule is CO[C@H]1O[C@@H]2COC(c3ccccc3)O[C@H]2[C@H](O)[C@@H]1N1CCOCC1. The van der Waals surface area contributed by atoms with Crippen LogP contribution in [0.3, 0.4) is 0 Å². The summed E-state index contributed by atoms with van der Waals surface area (Å²) >= 11 is 0. The van der Waals surface area contributed by atoms with Gasteiger partial charge in [-0.25, -0.2) is 0 Å². The fourth-order valence-electron chi connectivity index (χ4n) is 3.82. The monoisotopic (exact) mass is 351 g/mol. The molecule has 25 heavy (non-hydrogen) atoms. The van der Waals surface area contributed by atoms with Gasteiger partial charge in [-0.05, 0) is 0 Å². The van der Waals surface area contributed by atoms with Gasteiger partial charge in [0.1, 0.15) is 18.3 Å². The number of hydrogen-bond donors (Lipinski definition) is 1. The minimum atomic E-state index is -0.725. The van der Waals surface area contributed by atoms with Crippen LogP contribution in [0.15, 0.2) is 30.3 Å². The molecule has 1 N–H and O–H groups in total. The standard InChI is InChI=1S/C18H25NO6/c1-21-18-14(19-7-9-22-10-8-19)15(20)16-13(24-18)11-23-17(25-16)12-5-3-2-4-6-12/h2-6,13-18,20H,7-11H2,1H3/t13-,14+,15-,16-,17?,18+/m1/s1. The van der Waals surface area contributed by atoms with Crippen molar-refractivity contribution in [1.29, 1.82) is 0 Å². The second-order valence-electron chi connectivity index (χ2n) is 6.58. The van der Waals surface area contributed by atoms with Crippen molar-refractivity contribution in [2.45, 2.75) is 36.9 Å². The van der Waals surface area contributed by atoms with Crippen molar-refractivity contribution >= 4 is 0 Å². The Hall–Kier alpha value is -1.06. The highest BCUT2D eigenvalue weighted by atomic mass is 16.7. The Morgan fingerprint density at radius 3 is 2.60 bits per heavy atom. The number of rotatable bonds is 3. The number of aliphatic hydroxyl groups excluding tert-OH is 1. The molecular formula is C18H25NO6. The molecule has 0 amide bonds. The molecule has 0 saturated carbocycles. The van der Waals surface area contributed by atoms with Crippen LogP contribution in [-0.2, 0) is 23.7 Å². The number of aliphatic hydroxyl groups is 1. The summed E-state index contributed by atoms with van der Waals surface area (Å²) in [5, 5.41) is 11.1. The van der Waals surface area contributed by atoms with Gasteiger partial charge in [0.25, 0.3) is 0 Å². The number of fused-ring (bicyclic) bond motifs is 1. The maximum absolute atomic E-state index is 11.1. The van der Waals surface area contributed by atoms with Gasteiger partial charge in [0.05, 0.1) is 25.9 Å². The predicted octanol–water partition coefficient (Wildman–Crippen LogP) is 0.534. The van der Waals surface area contributed by atoms with Crippen molar-refractivity contribution in [2.24, 2.45) is 0 Å². The van der Waals surface area contributed by atoms with Crippen LogP contribution in [-0.4, -0.2) is 80.7 Å². The zero-order valence-corrected chi connectivity index (χ0v) is 14.3. The zero-order valence-electron chi connectivity index (χ0n) is 14.3. The highest BCUT2D eigenvalue weighted by molar-refractivity contribution is 5.16. The lowest BCUT2D eigenvalue weighted by atomic mass is 9.94. The number of methoxy groups -OCH3 is 1. The third-order valence-corrected chi connectivity index (χ3v) is 5.10. The van der Waals surface area contributed by atoms with Crippen molar-refractivity contribution in [3.8, 4) is 0 Å². The summed E-state index contributed by atoms with van der Waals surface area (Å²) in [5.41, 5.74) is 0.935. The molecule has 4 rings (SSSR count). The highest BCUT2D eigenvalue weighted by Crippen LogP contribution is 2.35. The smallest absolute Gasteiger partial charge is 0.184 e. The van der Waals surface area contributed by atoms with E-state index in [1.807, 2.05) is 30.3 Å². The lowest BCUT2D eigenvalue weighted by molar-refractivity contribution is -0.351. The summed E-state index contributed by atoms with van der Waals surface area (Å²) < 4.78 is 28.9. The van der Waals surface area contributed by atoms with Crippen molar-refractivity contribution < 1.29 is 28.8 Å². The first-order valence-corrected chi connectivity index (χ1v) is 8.78. The molecule has 1 aromatic carbocycles. The van der Waals surface area contributed by atoms with E-state index in [2.05, 4.69) is 4.90 Å². The third kappa shape index (κ3) is 3.46. The van der Waals surface area contributed by atoms with Crippen LogP contribution in [0, 0.1) is 0 Å². The lowest BCUT2D eigenvalue weighted by Crippen LogP contribution is -2.67. The van der Waals surface area contributed by atoms with E-state index in [-0.39, 0.29) is 12.1 Å². The molecule has 3 aliphatic heterocycles. The van der Waals surface area contributed by atoms with Crippen LogP contribution in [0.2, 0.25) is 0 Å². The van der Waals surface area contributed by atoms with Crippen LogP contribution >= 0.6 is 0 Å². The second kappa shape index (κ2) is 7.67. The number of nitrogens with zero attached hydrogens (tertiary/aromatic N) is 1. The molecule has 7 nitrogen and oxygen atoms in total.